The van der Waals surface area contributed by atoms with Crippen LogP contribution in [0.5, 0.6) is 17.2 Å². The van der Waals surface area contributed by atoms with E-state index in [0.29, 0.717) is 55.6 Å². The van der Waals surface area contributed by atoms with E-state index in [-0.39, 0.29) is 18.1 Å². The minimum atomic E-state index is -0.264. The van der Waals surface area contributed by atoms with Gasteiger partial charge < -0.3 is 23.8 Å². The van der Waals surface area contributed by atoms with Crippen LogP contribution in [0.25, 0.3) is 0 Å². The van der Waals surface area contributed by atoms with E-state index in [2.05, 4.69) is 21.3 Å². The predicted octanol–water partition coefficient (Wildman–Crippen LogP) is 3.07. The highest BCUT2D eigenvalue weighted by molar-refractivity contribution is 5.97. The second-order valence-corrected chi connectivity index (χ2v) is 10.6. The van der Waals surface area contributed by atoms with Crippen molar-refractivity contribution in [3.63, 3.8) is 0 Å². The maximum absolute atomic E-state index is 13.6. The fourth-order valence-electron chi connectivity index (χ4n) is 5.75. The van der Waals surface area contributed by atoms with Crippen LogP contribution in [0.1, 0.15) is 40.0 Å². The second-order valence-electron chi connectivity index (χ2n) is 10.6. The minimum Gasteiger partial charge on any atom is -0.493 e. The molecule has 39 heavy (non-hydrogen) atoms. The van der Waals surface area contributed by atoms with Crippen molar-refractivity contribution in [3.05, 3.63) is 65.0 Å². The number of para-hydroxylation sites is 1. The zero-order valence-corrected chi connectivity index (χ0v) is 22.6. The Kier molecular flexibility index (Phi) is 7.14. The summed E-state index contributed by atoms with van der Waals surface area (Å²) < 4.78 is 26.1. The number of methoxy groups -OCH3 is 1. The molecule has 4 aliphatic heterocycles. The molecule has 2 fully saturated rings. The Hall–Kier alpha value is -3.63. The van der Waals surface area contributed by atoms with E-state index in [9.17, 15) is 4.79 Å². The van der Waals surface area contributed by atoms with Crippen molar-refractivity contribution in [2.45, 2.75) is 45.1 Å². The molecule has 1 aromatic heterocycles. The molecule has 7 rings (SSSR count). The van der Waals surface area contributed by atoms with E-state index in [1.165, 1.54) is 0 Å². The summed E-state index contributed by atoms with van der Waals surface area (Å²) in [5.74, 6) is 2.01. The van der Waals surface area contributed by atoms with E-state index in [0.717, 1.165) is 49.4 Å². The van der Waals surface area contributed by atoms with Gasteiger partial charge in [-0.05, 0) is 38.0 Å². The number of rotatable bonds is 1. The van der Waals surface area contributed by atoms with Crippen LogP contribution in [0.2, 0.25) is 0 Å². The number of amides is 1. The Bertz CT molecular complexity index is 1330. The Labute approximate surface area is 228 Å². The first-order chi connectivity index (χ1) is 19.0. The maximum Gasteiger partial charge on any atom is 0.257 e. The molecule has 3 aromatic rings. The summed E-state index contributed by atoms with van der Waals surface area (Å²) in [5.41, 5.74) is 3.13. The number of aromatic nitrogens is 3. The van der Waals surface area contributed by atoms with E-state index in [4.69, 9.17) is 18.9 Å². The van der Waals surface area contributed by atoms with Gasteiger partial charge >= 0.3 is 0 Å². The summed E-state index contributed by atoms with van der Waals surface area (Å²) in [6.45, 7) is 7.43. The topological polar surface area (TPSA) is 91.2 Å². The Morgan fingerprint density at radius 3 is 2.74 bits per heavy atom. The fourth-order valence-corrected chi connectivity index (χ4v) is 5.75. The Morgan fingerprint density at radius 2 is 1.90 bits per heavy atom. The van der Waals surface area contributed by atoms with Gasteiger partial charge in [-0.25, -0.2) is 4.68 Å². The quantitative estimate of drug-likeness (QED) is 0.472. The molecule has 1 amide bonds. The first-order valence-corrected chi connectivity index (χ1v) is 13.6. The lowest BCUT2D eigenvalue weighted by atomic mass is 9.88. The van der Waals surface area contributed by atoms with Crippen LogP contribution in [0, 0.1) is 6.92 Å². The lowest BCUT2D eigenvalue weighted by Crippen LogP contribution is -2.57. The van der Waals surface area contributed by atoms with Crippen LogP contribution in [0.3, 0.4) is 0 Å². The highest BCUT2D eigenvalue weighted by atomic mass is 16.5. The van der Waals surface area contributed by atoms with E-state index in [1.807, 2.05) is 48.4 Å². The third-order valence-corrected chi connectivity index (χ3v) is 7.86. The lowest BCUT2D eigenvalue weighted by molar-refractivity contribution is -0.134. The third kappa shape index (κ3) is 5.44. The molecular formula is C29H35N5O5. The monoisotopic (exact) mass is 533 g/mol. The summed E-state index contributed by atoms with van der Waals surface area (Å²) in [4.78, 5) is 18.0. The van der Waals surface area contributed by atoms with Crippen molar-refractivity contribution in [1.82, 2.24) is 24.8 Å². The van der Waals surface area contributed by atoms with Gasteiger partial charge in [0.2, 0.25) is 0 Å². The Morgan fingerprint density at radius 1 is 1.03 bits per heavy atom. The number of morpholine rings is 1. The standard InChI is InChI=1S/C29H35N5O5/c1-21-6-7-25-24(16-21)28(35)33-10-8-29(9-11-33)20-32(12-15-39-29)17-22-4-3-5-26(36-2)27(22)38-19-23-18-34(31-30-23)13-14-37-25/h3-7,16,18H,8-15,17,19-20H2,1-2H3. The fraction of sp³-hybridized carbons (Fsp3) is 0.483. The number of benzene rings is 2. The average Bonchev–Trinajstić information content (AvgIpc) is 3.40. The SMILES string of the molecule is COc1cccc2c1OCc1cn(nn1)CCOc1ccc(C)cc1C(=O)N1CCC3(CC1)CN(CCO3)C2. The van der Waals surface area contributed by atoms with Gasteiger partial charge in [0.25, 0.3) is 5.91 Å². The maximum atomic E-state index is 13.6. The molecule has 0 aliphatic carbocycles. The summed E-state index contributed by atoms with van der Waals surface area (Å²) in [5, 5.41) is 8.51. The zero-order chi connectivity index (χ0) is 26.8. The van der Waals surface area contributed by atoms with E-state index < -0.39 is 0 Å². The van der Waals surface area contributed by atoms with Gasteiger partial charge in [-0.2, -0.15) is 0 Å². The molecule has 1 spiro atoms. The van der Waals surface area contributed by atoms with Gasteiger partial charge in [0.1, 0.15) is 24.7 Å². The number of fused-ring (bicyclic) bond motifs is 5. The number of ether oxygens (including phenoxy) is 4. The molecule has 206 valence electrons. The number of nitrogens with zero attached hydrogens (tertiary/aromatic N) is 5. The first kappa shape index (κ1) is 25.6. The van der Waals surface area contributed by atoms with E-state index in [1.54, 1.807) is 11.8 Å². The molecule has 4 aliphatic rings. The van der Waals surface area contributed by atoms with Crippen molar-refractivity contribution >= 4 is 5.91 Å². The largest absolute Gasteiger partial charge is 0.493 e. The van der Waals surface area contributed by atoms with E-state index >= 15 is 0 Å². The predicted molar refractivity (Wildman–Crippen MR) is 143 cm³/mol. The van der Waals surface area contributed by atoms with Gasteiger partial charge in [-0.1, -0.05) is 29.0 Å². The van der Waals surface area contributed by atoms with Gasteiger partial charge in [-0.3, -0.25) is 9.69 Å². The molecular weight excluding hydrogens is 498 g/mol. The molecule has 5 bridgehead atoms. The minimum absolute atomic E-state index is 0.00633. The summed E-state index contributed by atoms with van der Waals surface area (Å²) in [6.07, 6.45) is 3.45. The number of aryl methyl sites for hydroxylation is 1. The van der Waals surface area contributed by atoms with Crippen LogP contribution in [-0.2, 0) is 24.4 Å². The molecule has 10 nitrogen and oxygen atoms in total. The highest BCUT2D eigenvalue weighted by Crippen LogP contribution is 2.36. The third-order valence-electron chi connectivity index (χ3n) is 7.86. The smallest absolute Gasteiger partial charge is 0.257 e. The van der Waals surface area contributed by atoms with Crippen molar-refractivity contribution in [2.24, 2.45) is 0 Å². The molecule has 1 atom stereocenters. The number of carbonyl (C=O) groups is 1. The second kappa shape index (κ2) is 10.9. The highest BCUT2D eigenvalue weighted by Gasteiger charge is 2.41. The van der Waals surface area contributed by atoms with Crippen LogP contribution in [0.4, 0.5) is 0 Å². The normalized spacial score (nSPS) is 23.7. The molecule has 2 aromatic carbocycles. The average molecular weight is 534 g/mol. The molecule has 0 N–H and O–H groups in total. The Balaban J connectivity index is 1.31. The number of hydrogen-bond donors (Lipinski definition) is 0. The van der Waals surface area contributed by atoms with Crippen molar-refractivity contribution in [2.75, 3.05) is 46.5 Å². The molecule has 0 saturated carbocycles. The number of hydrogen-bond acceptors (Lipinski definition) is 8. The number of carbonyl (C=O) groups excluding carboxylic acids is 1. The summed E-state index contributed by atoms with van der Waals surface area (Å²) in [7, 11) is 1.66. The van der Waals surface area contributed by atoms with Gasteiger partial charge in [0, 0.05) is 38.3 Å². The number of piperidine rings is 1. The molecule has 10 heteroatoms. The van der Waals surface area contributed by atoms with Crippen LogP contribution in [-0.4, -0.2) is 82.8 Å². The van der Waals surface area contributed by atoms with Gasteiger partial charge in [-0.15, -0.1) is 5.10 Å². The lowest BCUT2D eigenvalue weighted by Gasteiger charge is -2.47. The summed E-state index contributed by atoms with van der Waals surface area (Å²) >= 11 is 0. The molecule has 2 saturated heterocycles. The van der Waals surface area contributed by atoms with Crippen molar-refractivity contribution in [1.29, 1.82) is 0 Å². The zero-order valence-electron chi connectivity index (χ0n) is 22.6. The molecule has 1 unspecified atom stereocenters. The van der Waals surface area contributed by atoms with Gasteiger partial charge in [0.05, 0.1) is 37.6 Å². The van der Waals surface area contributed by atoms with Crippen molar-refractivity contribution in [3.8, 4) is 17.2 Å². The first-order valence-electron chi connectivity index (χ1n) is 13.6. The summed E-state index contributed by atoms with van der Waals surface area (Å²) in [6, 6.07) is 11.8. The van der Waals surface area contributed by atoms with Crippen LogP contribution >= 0.6 is 0 Å². The van der Waals surface area contributed by atoms with Crippen LogP contribution in [0.15, 0.2) is 42.6 Å². The van der Waals surface area contributed by atoms with Gasteiger partial charge in [0.15, 0.2) is 11.5 Å². The molecule has 0 radical (unpaired) electrons. The van der Waals surface area contributed by atoms with Crippen molar-refractivity contribution < 1.29 is 23.7 Å². The molecule has 5 heterocycles. The van der Waals surface area contributed by atoms with Crippen LogP contribution < -0.4 is 14.2 Å².